The summed E-state index contributed by atoms with van der Waals surface area (Å²) in [5.41, 5.74) is 14.0. The minimum Gasteiger partial charge on any atom is -0.468 e. The second-order valence-corrected chi connectivity index (χ2v) is 15.0. The minimum absolute atomic E-state index is 0.00659. The van der Waals surface area contributed by atoms with Crippen molar-refractivity contribution in [3.8, 4) is 0 Å². The molecule has 4 nitrogen and oxygen atoms in total. The topological polar surface area (TPSA) is 32.8 Å². The van der Waals surface area contributed by atoms with Crippen LogP contribution in [0.2, 0.25) is 0 Å². The molecule has 0 N–H and O–H groups in total. The Bertz CT molecular complexity index is 2180. The van der Waals surface area contributed by atoms with E-state index in [1.165, 1.54) is 16.6 Å². The van der Waals surface area contributed by atoms with Gasteiger partial charge in [0.2, 0.25) is 0 Å². The first kappa shape index (κ1) is 28.1. The molecule has 0 radical (unpaired) electrons. The maximum Gasteiger partial charge on any atom is 0.342 e. The smallest absolute Gasteiger partial charge is 0.342 e. The second kappa shape index (κ2) is 9.68. The fourth-order valence-electron chi connectivity index (χ4n) is 7.53. The molecule has 5 aromatic carbocycles. The fraction of sp³-hybridized carbons (Fsp3) is 0.190. The lowest BCUT2D eigenvalue weighted by Crippen LogP contribution is -2.60. The largest absolute Gasteiger partial charge is 0.468 e. The van der Waals surface area contributed by atoms with Gasteiger partial charge in [0.15, 0.2) is 0 Å². The third-order valence-electron chi connectivity index (χ3n) is 9.94. The molecule has 0 amide bonds. The van der Waals surface area contributed by atoms with Crippen molar-refractivity contribution in [2.24, 2.45) is 0 Å². The SMILES string of the molecule is CC(C)(C)c1ccc2oc3c(c2c1)N(c1ccccc1)c1cccc2c1B3c1oc3ccc(C(C)(C)C)cc3c1N2c1ccccc1. The predicted molar refractivity (Wildman–Crippen MR) is 197 cm³/mol. The van der Waals surface area contributed by atoms with Gasteiger partial charge in [-0.2, -0.15) is 0 Å². The Morgan fingerprint density at radius 2 is 0.915 bits per heavy atom. The monoisotopic (exact) mass is 612 g/mol. The van der Waals surface area contributed by atoms with E-state index in [2.05, 4.69) is 167 Å². The standard InChI is InChI=1S/C42H37BN2O2/c1-41(2,3)26-20-22-34-30(24-26)37-39(46-34)43-36-32(44(37)28-14-9-7-10-15-28)18-13-19-33(36)45(29-16-11-8-12-17-29)38-31-25-27(42(4,5)6)21-23-35(31)47-40(38)43/h7-25H,1-6H3. The van der Waals surface area contributed by atoms with Gasteiger partial charge < -0.3 is 18.6 Å². The van der Waals surface area contributed by atoms with Crippen LogP contribution in [0.4, 0.5) is 34.1 Å². The molecular formula is C42H37BN2O2. The minimum atomic E-state index is -0.220. The summed E-state index contributed by atoms with van der Waals surface area (Å²) in [4.78, 5) is 4.80. The Balaban J connectivity index is 1.42. The highest BCUT2D eigenvalue weighted by atomic mass is 16.3. The first-order valence-electron chi connectivity index (χ1n) is 16.6. The lowest BCUT2D eigenvalue weighted by Gasteiger charge is -2.40. The molecule has 7 aromatic rings. The van der Waals surface area contributed by atoms with Crippen LogP contribution in [0.5, 0.6) is 0 Å². The van der Waals surface area contributed by atoms with E-state index < -0.39 is 0 Å². The van der Waals surface area contributed by atoms with Gasteiger partial charge in [0.05, 0.1) is 11.4 Å². The van der Waals surface area contributed by atoms with Gasteiger partial charge >= 0.3 is 6.71 Å². The van der Waals surface area contributed by atoms with Crippen LogP contribution in [0.1, 0.15) is 52.7 Å². The van der Waals surface area contributed by atoms with Crippen molar-refractivity contribution >= 4 is 79.6 Å². The molecule has 4 heterocycles. The Hall–Kier alpha value is -5.16. The van der Waals surface area contributed by atoms with Crippen LogP contribution in [0.25, 0.3) is 21.9 Å². The summed E-state index contributed by atoms with van der Waals surface area (Å²) in [7, 11) is 0. The number of benzene rings is 5. The van der Waals surface area contributed by atoms with Gasteiger partial charge in [-0.15, -0.1) is 0 Å². The summed E-state index contributed by atoms with van der Waals surface area (Å²) in [6.07, 6.45) is 0. The number of rotatable bonds is 2. The van der Waals surface area contributed by atoms with Gasteiger partial charge in [0.1, 0.15) is 22.5 Å². The molecule has 2 aromatic heterocycles. The molecule has 0 saturated carbocycles. The van der Waals surface area contributed by atoms with Crippen molar-refractivity contribution in [2.75, 3.05) is 9.80 Å². The Labute approximate surface area is 276 Å². The lowest BCUT2D eigenvalue weighted by molar-refractivity contribution is 0.590. The first-order chi connectivity index (χ1) is 22.6. The van der Waals surface area contributed by atoms with Gasteiger partial charge in [-0.05, 0) is 88.1 Å². The predicted octanol–water partition coefficient (Wildman–Crippen LogP) is 9.86. The fourth-order valence-corrected chi connectivity index (χ4v) is 7.53. The van der Waals surface area contributed by atoms with E-state index in [4.69, 9.17) is 8.83 Å². The van der Waals surface area contributed by atoms with Gasteiger partial charge in [-0.25, -0.2) is 0 Å². The third-order valence-corrected chi connectivity index (χ3v) is 9.94. The highest BCUT2D eigenvalue weighted by Gasteiger charge is 2.49. The maximum absolute atomic E-state index is 7.01. The zero-order valence-corrected chi connectivity index (χ0v) is 27.8. The highest BCUT2D eigenvalue weighted by molar-refractivity contribution is 6.99. The van der Waals surface area contributed by atoms with E-state index in [9.17, 15) is 0 Å². The number of furan rings is 2. The molecule has 230 valence electrons. The normalized spacial score (nSPS) is 14.0. The summed E-state index contributed by atoms with van der Waals surface area (Å²) in [6.45, 7) is 13.4. The molecule has 0 spiro atoms. The summed E-state index contributed by atoms with van der Waals surface area (Å²) < 4.78 is 14.0. The van der Waals surface area contributed by atoms with E-state index in [-0.39, 0.29) is 17.5 Å². The van der Waals surface area contributed by atoms with E-state index in [0.29, 0.717) is 0 Å². The van der Waals surface area contributed by atoms with Crippen molar-refractivity contribution in [3.63, 3.8) is 0 Å². The molecule has 0 bridgehead atoms. The summed E-state index contributed by atoms with van der Waals surface area (Å²) in [5, 5.41) is 2.23. The quantitative estimate of drug-likeness (QED) is 0.182. The number of anilines is 6. The average molecular weight is 613 g/mol. The highest BCUT2D eigenvalue weighted by Crippen LogP contribution is 2.49. The Morgan fingerprint density at radius 3 is 1.32 bits per heavy atom. The summed E-state index contributed by atoms with van der Waals surface area (Å²) >= 11 is 0. The zero-order chi connectivity index (χ0) is 32.2. The molecule has 47 heavy (non-hydrogen) atoms. The van der Waals surface area contributed by atoms with Gasteiger partial charge in [-0.3, -0.25) is 0 Å². The second-order valence-electron chi connectivity index (χ2n) is 15.0. The molecule has 5 heteroatoms. The van der Waals surface area contributed by atoms with Gasteiger partial charge in [-0.1, -0.05) is 96.1 Å². The van der Waals surface area contributed by atoms with E-state index in [0.717, 1.165) is 67.4 Å². The number of fused-ring (bicyclic) bond motifs is 8. The molecule has 9 rings (SSSR count). The average Bonchev–Trinajstić information content (AvgIpc) is 3.63. The number of para-hydroxylation sites is 2. The number of hydrogen-bond donors (Lipinski definition) is 0. The molecule has 0 aliphatic carbocycles. The van der Waals surface area contributed by atoms with E-state index in [1.807, 2.05) is 0 Å². The van der Waals surface area contributed by atoms with Gasteiger partial charge in [0, 0.05) is 33.5 Å². The summed E-state index contributed by atoms with van der Waals surface area (Å²) in [6, 6.07) is 41.4. The molecule has 0 unspecified atom stereocenters. The maximum atomic E-state index is 7.01. The van der Waals surface area contributed by atoms with Crippen LogP contribution in [-0.2, 0) is 10.8 Å². The van der Waals surface area contributed by atoms with Crippen LogP contribution in [0.15, 0.2) is 124 Å². The van der Waals surface area contributed by atoms with Crippen molar-refractivity contribution in [1.29, 1.82) is 0 Å². The Morgan fingerprint density at radius 1 is 0.489 bits per heavy atom. The third kappa shape index (κ3) is 4.08. The van der Waals surface area contributed by atoms with Crippen LogP contribution in [-0.4, -0.2) is 6.71 Å². The molecular weight excluding hydrogens is 575 g/mol. The zero-order valence-electron chi connectivity index (χ0n) is 27.8. The van der Waals surface area contributed by atoms with Crippen molar-refractivity contribution < 1.29 is 8.83 Å². The Kier molecular flexibility index (Phi) is 5.79. The number of hydrogen-bond acceptors (Lipinski definition) is 4. The van der Waals surface area contributed by atoms with Crippen molar-refractivity contribution in [2.45, 2.75) is 52.4 Å². The van der Waals surface area contributed by atoms with Crippen molar-refractivity contribution in [1.82, 2.24) is 0 Å². The summed E-state index contributed by atoms with van der Waals surface area (Å²) in [5.74, 6) is 0. The first-order valence-corrected chi connectivity index (χ1v) is 16.6. The van der Waals surface area contributed by atoms with Crippen LogP contribution in [0, 0.1) is 0 Å². The van der Waals surface area contributed by atoms with Gasteiger partial charge in [0.25, 0.3) is 0 Å². The molecule has 0 atom stereocenters. The van der Waals surface area contributed by atoms with E-state index in [1.54, 1.807) is 0 Å². The molecule has 2 aliphatic rings. The molecule has 0 saturated heterocycles. The van der Waals surface area contributed by atoms with Crippen molar-refractivity contribution in [3.05, 3.63) is 126 Å². The van der Waals surface area contributed by atoms with Crippen LogP contribution in [0.3, 0.4) is 0 Å². The van der Waals surface area contributed by atoms with Crippen LogP contribution >= 0.6 is 0 Å². The van der Waals surface area contributed by atoms with Crippen LogP contribution < -0.4 is 26.6 Å². The van der Waals surface area contributed by atoms with E-state index >= 15 is 0 Å². The number of nitrogens with zero attached hydrogens (tertiary/aromatic N) is 2. The molecule has 2 aliphatic heterocycles. The molecule has 0 fully saturated rings. The lowest BCUT2D eigenvalue weighted by atomic mass is 9.37.